The second kappa shape index (κ2) is 8.19. The van der Waals surface area contributed by atoms with Gasteiger partial charge in [-0.1, -0.05) is 18.7 Å². The molecule has 2 amide bonds. The highest BCUT2D eigenvalue weighted by Gasteiger charge is 2.28. The number of benzene rings is 1. The summed E-state index contributed by atoms with van der Waals surface area (Å²) in [4.78, 5) is 28.9. The van der Waals surface area contributed by atoms with Crippen LogP contribution in [0.15, 0.2) is 36.9 Å². The molecule has 0 bridgehead atoms. The standard InChI is InChI=1S/C20H26N2O3/c1-2-13-25-18-6-3-5-17(15-18)20(24)22-10-4-9-21(11-12-22)19(23)14-16-7-8-16/h2-3,5-6,15-16H,1,4,7-14H2. The van der Waals surface area contributed by atoms with E-state index in [-0.39, 0.29) is 11.8 Å². The molecule has 2 fully saturated rings. The van der Waals surface area contributed by atoms with Crippen LogP contribution in [0.1, 0.15) is 36.0 Å². The molecule has 1 aliphatic carbocycles. The van der Waals surface area contributed by atoms with Crippen molar-refractivity contribution in [3.8, 4) is 5.75 Å². The maximum absolute atomic E-state index is 12.8. The smallest absolute Gasteiger partial charge is 0.254 e. The number of ether oxygens (including phenoxy) is 1. The van der Waals surface area contributed by atoms with Gasteiger partial charge in [-0.05, 0) is 43.4 Å². The van der Waals surface area contributed by atoms with E-state index in [4.69, 9.17) is 4.74 Å². The fraction of sp³-hybridized carbons (Fsp3) is 0.500. The van der Waals surface area contributed by atoms with Crippen molar-refractivity contribution in [2.75, 3.05) is 32.8 Å². The predicted octanol–water partition coefficient (Wildman–Crippen LogP) is 2.73. The third kappa shape index (κ3) is 4.84. The molecular weight excluding hydrogens is 316 g/mol. The van der Waals surface area contributed by atoms with Gasteiger partial charge in [0.2, 0.25) is 5.91 Å². The summed E-state index contributed by atoms with van der Waals surface area (Å²) in [5, 5.41) is 0. The molecular formula is C20H26N2O3. The van der Waals surface area contributed by atoms with Crippen LogP contribution in [0.2, 0.25) is 0 Å². The Morgan fingerprint density at radius 1 is 1.16 bits per heavy atom. The van der Waals surface area contributed by atoms with E-state index >= 15 is 0 Å². The summed E-state index contributed by atoms with van der Waals surface area (Å²) >= 11 is 0. The van der Waals surface area contributed by atoms with Crippen molar-refractivity contribution < 1.29 is 14.3 Å². The molecule has 5 heteroatoms. The van der Waals surface area contributed by atoms with Crippen molar-refractivity contribution in [2.45, 2.75) is 25.7 Å². The van der Waals surface area contributed by atoms with E-state index in [9.17, 15) is 9.59 Å². The lowest BCUT2D eigenvalue weighted by Crippen LogP contribution is -2.37. The molecule has 1 aliphatic heterocycles. The minimum absolute atomic E-state index is 0.000505. The third-order valence-corrected chi connectivity index (χ3v) is 4.74. The van der Waals surface area contributed by atoms with Crippen LogP contribution in [0.4, 0.5) is 0 Å². The first-order chi connectivity index (χ1) is 12.2. The minimum atomic E-state index is 0.000505. The first kappa shape index (κ1) is 17.5. The number of rotatable bonds is 6. The normalized spacial score (nSPS) is 17.8. The number of carbonyl (C=O) groups excluding carboxylic acids is 2. The molecule has 0 radical (unpaired) electrons. The molecule has 5 nitrogen and oxygen atoms in total. The van der Waals surface area contributed by atoms with E-state index in [1.807, 2.05) is 28.0 Å². The van der Waals surface area contributed by atoms with Gasteiger partial charge in [0, 0.05) is 38.2 Å². The highest BCUT2D eigenvalue weighted by Crippen LogP contribution is 2.33. The van der Waals surface area contributed by atoms with Crippen LogP contribution >= 0.6 is 0 Å². The number of amides is 2. The Balaban J connectivity index is 1.58. The number of hydrogen-bond acceptors (Lipinski definition) is 3. The van der Waals surface area contributed by atoms with Crippen LogP contribution in [0.25, 0.3) is 0 Å². The van der Waals surface area contributed by atoms with Crippen molar-refractivity contribution in [1.29, 1.82) is 0 Å². The van der Waals surface area contributed by atoms with Gasteiger partial charge in [-0.25, -0.2) is 0 Å². The van der Waals surface area contributed by atoms with Crippen LogP contribution in [-0.2, 0) is 4.79 Å². The molecule has 1 saturated carbocycles. The van der Waals surface area contributed by atoms with E-state index in [0.717, 1.165) is 13.0 Å². The molecule has 0 unspecified atom stereocenters. The summed E-state index contributed by atoms with van der Waals surface area (Å²) in [7, 11) is 0. The van der Waals surface area contributed by atoms with Gasteiger partial charge in [0.25, 0.3) is 5.91 Å². The molecule has 0 N–H and O–H groups in total. The van der Waals surface area contributed by atoms with E-state index in [1.54, 1.807) is 12.1 Å². The van der Waals surface area contributed by atoms with Crippen molar-refractivity contribution >= 4 is 11.8 Å². The molecule has 0 aromatic heterocycles. The molecule has 1 heterocycles. The molecule has 0 spiro atoms. The largest absolute Gasteiger partial charge is 0.490 e. The van der Waals surface area contributed by atoms with E-state index in [2.05, 4.69) is 6.58 Å². The van der Waals surface area contributed by atoms with Crippen LogP contribution in [0.3, 0.4) is 0 Å². The van der Waals surface area contributed by atoms with E-state index in [0.29, 0.717) is 49.9 Å². The zero-order chi connectivity index (χ0) is 17.6. The number of hydrogen-bond donors (Lipinski definition) is 0. The summed E-state index contributed by atoms with van der Waals surface area (Å²) in [5.41, 5.74) is 0.624. The lowest BCUT2D eigenvalue weighted by atomic mass is 10.2. The van der Waals surface area contributed by atoms with Crippen molar-refractivity contribution in [2.24, 2.45) is 5.92 Å². The van der Waals surface area contributed by atoms with Gasteiger partial charge in [0.1, 0.15) is 12.4 Å². The van der Waals surface area contributed by atoms with Gasteiger partial charge in [-0.2, -0.15) is 0 Å². The molecule has 2 aliphatic rings. The second-order valence-electron chi connectivity index (χ2n) is 6.80. The first-order valence-corrected chi connectivity index (χ1v) is 9.08. The van der Waals surface area contributed by atoms with Gasteiger partial charge < -0.3 is 14.5 Å². The summed E-state index contributed by atoms with van der Waals surface area (Å²) in [5.74, 6) is 1.52. The number of nitrogens with zero attached hydrogens (tertiary/aromatic N) is 2. The third-order valence-electron chi connectivity index (χ3n) is 4.74. The van der Waals surface area contributed by atoms with E-state index in [1.165, 1.54) is 12.8 Å². The van der Waals surface area contributed by atoms with Crippen LogP contribution in [0.5, 0.6) is 5.75 Å². The van der Waals surface area contributed by atoms with Crippen LogP contribution < -0.4 is 4.74 Å². The number of carbonyl (C=O) groups is 2. The summed E-state index contributed by atoms with van der Waals surface area (Å²) < 4.78 is 5.51. The van der Waals surface area contributed by atoms with Crippen molar-refractivity contribution in [1.82, 2.24) is 9.80 Å². The Hall–Kier alpha value is -2.30. The zero-order valence-electron chi connectivity index (χ0n) is 14.7. The van der Waals surface area contributed by atoms with Gasteiger partial charge in [-0.3, -0.25) is 9.59 Å². The average Bonchev–Trinajstić information content (AvgIpc) is 3.45. The topological polar surface area (TPSA) is 49.9 Å². The lowest BCUT2D eigenvalue weighted by Gasteiger charge is -2.22. The fourth-order valence-electron chi connectivity index (χ4n) is 3.12. The fourth-order valence-corrected chi connectivity index (χ4v) is 3.12. The predicted molar refractivity (Wildman–Crippen MR) is 96.6 cm³/mol. The molecule has 25 heavy (non-hydrogen) atoms. The van der Waals surface area contributed by atoms with Gasteiger partial charge in [0.15, 0.2) is 0 Å². The van der Waals surface area contributed by atoms with Crippen molar-refractivity contribution in [3.63, 3.8) is 0 Å². The Morgan fingerprint density at radius 2 is 1.92 bits per heavy atom. The maximum Gasteiger partial charge on any atom is 0.254 e. The summed E-state index contributed by atoms with van der Waals surface area (Å²) in [6.45, 7) is 6.70. The van der Waals surface area contributed by atoms with Crippen LogP contribution in [-0.4, -0.2) is 54.4 Å². The molecule has 134 valence electrons. The molecule has 1 aromatic rings. The Kier molecular flexibility index (Phi) is 5.74. The maximum atomic E-state index is 12.8. The molecule has 3 rings (SSSR count). The van der Waals surface area contributed by atoms with Gasteiger partial charge >= 0.3 is 0 Å². The van der Waals surface area contributed by atoms with E-state index < -0.39 is 0 Å². The first-order valence-electron chi connectivity index (χ1n) is 9.08. The Morgan fingerprint density at radius 3 is 2.68 bits per heavy atom. The average molecular weight is 342 g/mol. The summed E-state index contributed by atoms with van der Waals surface area (Å²) in [6.07, 6.45) is 5.56. The minimum Gasteiger partial charge on any atom is -0.490 e. The summed E-state index contributed by atoms with van der Waals surface area (Å²) in [6, 6.07) is 7.24. The van der Waals surface area contributed by atoms with Gasteiger partial charge in [0.05, 0.1) is 0 Å². The highest BCUT2D eigenvalue weighted by atomic mass is 16.5. The molecule has 0 atom stereocenters. The zero-order valence-corrected chi connectivity index (χ0v) is 14.7. The Bertz CT molecular complexity index is 640. The Labute approximate surface area is 149 Å². The molecule has 1 aromatic carbocycles. The molecule has 1 saturated heterocycles. The lowest BCUT2D eigenvalue weighted by molar-refractivity contribution is -0.131. The SMILES string of the molecule is C=CCOc1cccc(C(=O)N2CCCN(C(=O)CC3CC3)CC2)c1. The monoisotopic (exact) mass is 342 g/mol. The highest BCUT2D eigenvalue weighted by molar-refractivity contribution is 5.94. The quantitative estimate of drug-likeness (QED) is 0.747. The van der Waals surface area contributed by atoms with Crippen molar-refractivity contribution in [3.05, 3.63) is 42.5 Å². The second-order valence-corrected chi connectivity index (χ2v) is 6.80. The van der Waals surface area contributed by atoms with Gasteiger partial charge in [-0.15, -0.1) is 0 Å². The van der Waals surface area contributed by atoms with Crippen LogP contribution in [0, 0.1) is 5.92 Å².